The second kappa shape index (κ2) is 8.29. The van der Waals surface area contributed by atoms with Gasteiger partial charge < -0.3 is 20.1 Å². The molecule has 1 aliphatic heterocycles. The highest BCUT2D eigenvalue weighted by Gasteiger charge is 2.27. The van der Waals surface area contributed by atoms with Crippen LogP contribution in [-0.4, -0.2) is 42.0 Å². The molecule has 6 nitrogen and oxygen atoms in total. The Balaban J connectivity index is 1.77. The molecule has 0 atom stereocenters. The lowest BCUT2D eigenvalue weighted by Crippen LogP contribution is -2.39. The third-order valence-corrected chi connectivity index (χ3v) is 6.84. The van der Waals surface area contributed by atoms with Crippen LogP contribution in [0.1, 0.15) is 12.8 Å². The highest BCUT2D eigenvalue weighted by molar-refractivity contribution is 7.91. The van der Waals surface area contributed by atoms with Crippen LogP contribution in [0.4, 0.5) is 11.4 Å². The lowest BCUT2D eigenvalue weighted by Gasteiger charge is -2.36. The van der Waals surface area contributed by atoms with E-state index < -0.39 is 9.84 Å². The summed E-state index contributed by atoms with van der Waals surface area (Å²) in [5.41, 5.74) is 7.11. The Morgan fingerprint density at radius 1 is 1.00 bits per heavy atom. The third-order valence-electron chi connectivity index (χ3n) is 5.07. The number of sulfone groups is 1. The maximum atomic E-state index is 12.9. The molecule has 0 aromatic heterocycles. The van der Waals surface area contributed by atoms with Crippen molar-refractivity contribution < 1.29 is 17.9 Å². The second-order valence-corrected chi connectivity index (χ2v) is 8.68. The Hall–Kier alpha value is -2.09. The number of hydrogen-bond acceptors (Lipinski definition) is 6. The summed E-state index contributed by atoms with van der Waals surface area (Å²) in [5.74, 6) is 0.345. The molecule has 0 spiro atoms. The number of hydrogen-bond donors (Lipinski definition) is 1. The molecule has 1 saturated heterocycles. The quantitative estimate of drug-likeness (QED) is 0.603. The fraction of sp³-hybridized carbons (Fsp3) is 0.400. The fourth-order valence-electron chi connectivity index (χ4n) is 3.54. The lowest BCUT2D eigenvalue weighted by atomic mass is 9.95. The molecule has 1 aliphatic rings. The lowest BCUT2D eigenvalue weighted by molar-refractivity contribution is -0.141. The van der Waals surface area contributed by atoms with Crippen LogP contribution in [0.15, 0.2) is 58.3 Å². The first-order chi connectivity index (χ1) is 13.0. The van der Waals surface area contributed by atoms with E-state index in [0.717, 1.165) is 31.6 Å². The van der Waals surface area contributed by atoms with E-state index in [2.05, 4.69) is 4.90 Å². The van der Waals surface area contributed by atoms with Gasteiger partial charge in [0.1, 0.15) is 0 Å². The Morgan fingerprint density at radius 3 is 2.22 bits per heavy atom. The summed E-state index contributed by atoms with van der Waals surface area (Å²) in [6, 6.07) is 13.4. The van der Waals surface area contributed by atoms with Crippen molar-refractivity contribution in [2.45, 2.75) is 28.9 Å². The van der Waals surface area contributed by atoms with Crippen LogP contribution < -0.4 is 10.6 Å². The molecule has 0 radical (unpaired) electrons. The van der Waals surface area contributed by atoms with Gasteiger partial charge in [-0.2, -0.15) is 0 Å². The molecular formula is C20H26N2O4S. The van der Waals surface area contributed by atoms with Crippen LogP contribution in [0.5, 0.6) is 0 Å². The van der Waals surface area contributed by atoms with Crippen LogP contribution >= 0.6 is 0 Å². The summed E-state index contributed by atoms with van der Waals surface area (Å²) in [7, 11) is -0.254. The molecule has 7 heteroatoms. The summed E-state index contributed by atoms with van der Waals surface area (Å²) >= 11 is 0. The first-order valence-electron chi connectivity index (χ1n) is 8.97. The number of anilines is 2. The molecule has 146 valence electrons. The van der Waals surface area contributed by atoms with E-state index in [-0.39, 0.29) is 11.2 Å². The van der Waals surface area contributed by atoms with Crippen LogP contribution in [-0.2, 0) is 19.3 Å². The van der Waals surface area contributed by atoms with Crippen molar-refractivity contribution in [3.63, 3.8) is 0 Å². The smallest absolute Gasteiger partial charge is 0.206 e. The second-order valence-electron chi connectivity index (χ2n) is 6.73. The number of nitrogen functional groups attached to an aromatic ring is 1. The Kier molecular flexibility index (Phi) is 6.04. The predicted molar refractivity (Wildman–Crippen MR) is 105 cm³/mol. The van der Waals surface area contributed by atoms with E-state index in [4.69, 9.17) is 15.2 Å². The normalized spacial score (nSPS) is 16.0. The van der Waals surface area contributed by atoms with Gasteiger partial charge in [-0.1, -0.05) is 6.07 Å². The summed E-state index contributed by atoms with van der Waals surface area (Å²) < 4.78 is 36.6. The van der Waals surface area contributed by atoms with Gasteiger partial charge in [0.05, 0.1) is 9.79 Å². The van der Waals surface area contributed by atoms with Crippen molar-refractivity contribution in [2.24, 2.45) is 5.92 Å². The minimum atomic E-state index is -3.57. The van der Waals surface area contributed by atoms with Crippen LogP contribution in [0.25, 0.3) is 0 Å². The Labute approximate surface area is 160 Å². The van der Waals surface area contributed by atoms with Gasteiger partial charge in [0.15, 0.2) is 6.29 Å². The van der Waals surface area contributed by atoms with Gasteiger partial charge in [0.2, 0.25) is 9.84 Å². The molecule has 3 rings (SSSR count). The molecule has 2 aromatic carbocycles. The van der Waals surface area contributed by atoms with Gasteiger partial charge in [-0.05, 0) is 55.3 Å². The SMILES string of the molecule is COC(OC)C1CCN(c2cccc(S(=O)(=O)c3ccc(N)cc3)c2)CC1. The third kappa shape index (κ3) is 4.26. The van der Waals surface area contributed by atoms with Gasteiger partial charge in [-0.3, -0.25) is 0 Å². The van der Waals surface area contributed by atoms with Crippen molar-refractivity contribution >= 4 is 21.2 Å². The van der Waals surface area contributed by atoms with Crippen molar-refractivity contribution in [1.29, 1.82) is 0 Å². The van der Waals surface area contributed by atoms with Crippen molar-refractivity contribution in [3.8, 4) is 0 Å². The predicted octanol–water partition coefficient (Wildman–Crippen LogP) is 2.94. The first kappa shape index (κ1) is 19.7. The van der Waals surface area contributed by atoms with E-state index in [0.29, 0.717) is 16.5 Å². The van der Waals surface area contributed by atoms with Crippen LogP contribution in [0.2, 0.25) is 0 Å². The van der Waals surface area contributed by atoms with E-state index >= 15 is 0 Å². The highest BCUT2D eigenvalue weighted by Crippen LogP contribution is 2.29. The molecule has 0 saturated carbocycles. The van der Waals surface area contributed by atoms with Gasteiger partial charge in [0.25, 0.3) is 0 Å². The molecular weight excluding hydrogens is 364 g/mol. The summed E-state index contributed by atoms with van der Waals surface area (Å²) in [6.07, 6.45) is 1.67. The summed E-state index contributed by atoms with van der Waals surface area (Å²) in [4.78, 5) is 2.75. The fourth-order valence-corrected chi connectivity index (χ4v) is 4.84. The molecule has 0 aliphatic carbocycles. The number of ether oxygens (including phenoxy) is 2. The zero-order chi connectivity index (χ0) is 19.4. The number of rotatable bonds is 6. The van der Waals surface area contributed by atoms with Gasteiger partial charge >= 0.3 is 0 Å². The maximum absolute atomic E-state index is 12.9. The Bertz CT molecular complexity index is 856. The number of nitrogens with two attached hydrogens (primary N) is 1. The minimum absolute atomic E-state index is 0.190. The molecule has 0 bridgehead atoms. The van der Waals surface area contributed by atoms with E-state index in [1.54, 1.807) is 56.7 Å². The van der Waals surface area contributed by atoms with Gasteiger partial charge in [-0.15, -0.1) is 0 Å². The zero-order valence-electron chi connectivity index (χ0n) is 15.7. The minimum Gasteiger partial charge on any atom is -0.399 e. The van der Waals surface area contributed by atoms with Crippen molar-refractivity contribution in [2.75, 3.05) is 37.9 Å². The molecule has 0 amide bonds. The monoisotopic (exact) mass is 390 g/mol. The van der Waals surface area contributed by atoms with Gasteiger partial charge in [0, 0.05) is 44.6 Å². The number of benzene rings is 2. The highest BCUT2D eigenvalue weighted by atomic mass is 32.2. The first-order valence-corrected chi connectivity index (χ1v) is 10.4. The van der Waals surface area contributed by atoms with Gasteiger partial charge in [-0.25, -0.2) is 8.42 Å². The Morgan fingerprint density at radius 2 is 1.63 bits per heavy atom. The van der Waals surface area contributed by atoms with Crippen LogP contribution in [0, 0.1) is 5.92 Å². The average molecular weight is 391 g/mol. The molecule has 2 N–H and O–H groups in total. The molecule has 27 heavy (non-hydrogen) atoms. The van der Waals surface area contributed by atoms with E-state index in [9.17, 15) is 8.42 Å². The average Bonchev–Trinajstić information content (AvgIpc) is 2.70. The largest absolute Gasteiger partial charge is 0.399 e. The summed E-state index contributed by atoms with van der Waals surface area (Å²) in [6.45, 7) is 1.67. The molecule has 0 unspecified atom stereocenters. The van der Waals surface area contributed by atoms with Crippen molar-refractivity contribution in [3.05, 3.63) is 48.5 Å². The van der Waals surface area contributed by atoms with Crippen molar-refractivity contribution in [1.82, 2.24) is 0 Å². The molecule has 1 heterocycles. The summed E-state index contributed by atoms with van der Waals surface area (Å²) in [5, 5.41) is 0. The molecule has 1 fully saturated rings. The van der Waals surface area contributed by atoms with Crippen LogP contribution in [0.3, 0.4) is 0 Å². The maximum Gasteiger partial charge on any atom is 0.206 e. The van der Waals surface area contributed by atoms with E-state index in [1.165, 1.54) is 0 Å². The molecule has 2 aromatic rings. The van der Waals surface area contributed by atoms with E-state index in [1.807, 2.05) is 6.07 Å². The number of piperidine rings is 1. The zero-order valence-corrected chi connectivity index (χ0v) is 16.5. The number of methoxy groups -OCH3 is 2. The standard InChI is InChI=1S/C20H26N2O4S/c1-25-20(26-2)15-10-12-22(13-11-15)17-4-3-5-19(14-17)27(23,24)18-8-6-16(21)7-9-18/h3-9,14-15,20H,10-13,21H2,1-2H3. The number of nitrogens with zero attached hydrogens (tertiary/aromatic N) is 1. The topological polar surface area (TPSA) is 81.9 Å².